The molecule has 1 rings (SSSR count). The SMILES string of the molecule is CCNC(C)(CSc1ccc(C(F)(F)F)cn1)C(=O)OC. The average Bonchev–Trinajstić information content (AvgIpc) is 2.44. The Morgan fingerprint density at radius 2 is 2.10 bits per heavy atom. The number of nitrogens with one attached hydrogen (secondary N) is 1. The van der Waals surface area contributed by atoms with Crippen molar-refractivity contribution in [1.29, 1.82) is 0 Å². The highest BCUT2D eigenvalue weighted by molar-refractivity contribution is 7.99. The van der Waals surface area contributed by atoms with Crippen LogP contribution in [-0.4, -0.2) is 35.9 Å². The lowest BCUT2D eigenvalue weighted by Gasteiger charge is -2.26. The van der Waals surface area contributed by atoms with Crippen LogP contribution in [0.2, 0.25) is 0 Å². The van der Waals surface area contributed by atoms with Gasteiger partial charge in [-0.05, 0) is 25.6 Å². The number of nitrogens with zero attached hydrogens (tertiary/aromatic N) is 1. The molecule has 1 aromatic rings. The van der Waals surface area contributed by atoms with Crippen LogP contribution in [0.4, 0.5) is 13.2 Å². The van der Waals surface area contributed by atoms with Crippen molar-refractivity contribution in [2.45, 2.75) is 30.6 Å². The fraction of sp³-hybridized carbons (Fsp3) is 0.538. The Kier molecular flexibility index (Phi) is 6.03. The lowest BCUT2D eigenvalue weighted by Crippen LogP contribution is -2.52. The zero-order valence-electron chi connectivity index (χ0n) is 12.0. The van der Waals surface area contributed by atoms with Gasteiger partial charge in [0.1, 0.15) is 5.54 Å². The van der Waals surface area contributed by atoms with Crippen molar-refractivity contribution in [2.75, 3.05) is 19.4 Å². The second-order valence-electron chi connectivity index (χ2n) is 4.53. The molecule has 0 aliphatic rings. The number of carbonyl (C=O) groups is 1. The first-order chi connectivity index (χ1) is 9.73. The summed E-state index contributed by atoms with van der Waals surface area (Å²) >= 11 is 1.19. The first-order valence-corrected chi connectivity index (χ1v) is 7.21. The van der Waals surface area contributed by atoms with Crippen LogP contribution in [0, 0.1) is 0 Å². The van der Waals surface area contributed by atoms with Crippen LogP contribution in [0.25, 0.3) is 0 Å². The molecule has 21 heavy (non-hydrogen) atoms. The number of rotatable bonds is 6. The molecule has 0 aliphatic heterocycles. The van der Waals surface area contributed by atoms with E-state index in [1.54, 1.807) is 6.92 Å². The van der Waals surface area contributed by atoms with Gasteiger partial charge in [-0.2, -0.15) is 13.2 Å². The van der Waals surface area contributed by atoms with Crippen molar-refractivity contribution in [3.8, 4) is 0 Å². The maximum absolute atomic E-state index is 12.4. The molecule has 0 bridgehead atoms. The van der Waals surface area contributed by atoms with Gasteiger partial charge in [0.15, 0.2) is 0 Å². The molecule has 0 aliphatic carbocycles. The third-order valence-electron chi connectivity index (χ3n) is 2.78. The van der Waals surface area contributed by atoms with E-state index in [2.05, 4.69) is 10.3 Å². The second-order valence-corrected chi connectivity index (χ2v) is 5.52. The summed E-state index contributed by atoms with van der Waals surface area (Å²) in [6.07, 6.45) is -3.62. The standard InChI is InChI=1S/C13H17F3N2O2S/c1-4-18-12(2,11(19)20-3)8-21-10-6-5-9(7-17-10)13(14,15)16/h5-7,18H,4,8H2,1-3H3. The van der Waals surface area contributed by atoms with Crippen molar-refractivity contribution >= 4 is 17.7 Å². The van der Waals surface area contributed by atoms with E-state index >= 15 is 0 Å². The van der Waals surface area contributed by atoms with Gasteiger partial charge >= 0.3 is 12.1 Å². The number of likely N-dealkylation sites (N-methyl/N-ethyl adjacent to an activating group) is 1. The molecule has 8 heteroatoms. The summed E-state index contributed by atoms with van der Waals surface area (Å²) in [7, 11) is 1.29. The molecule has 118 valence electrons. The highest BCUT2D eigenvalue weighted by Crippen LogP contribution is 2.30. The van der Waals surface area contributed by atoms with E-state index in [1.807, 2.05) is 6.92 Å². The van der Waals surface area contributed by atoms with Crippen LogP contribution in [0.15, 0.2) is 23.4 Å². The van der Waals surface area contributed by atoms with Gasteiger partial charge in [-0.3, -0.25) is 4.79 Å². The number of esters is 1. The second kappa shape index (κ2) is 7.13. The van der Waals surface area contributed by atoms with Crippen LogP contribution < -0.4 is 5.32 Å². The van der Waals surface area contributed by atoms with Crippen molar-refractivity contribution in [1.82, 2.24) is 10.3 Å². The molecule has 1 aromatic heterocycles. The normalized spacial score (nSPS) is 14.6. The first kappa shape index (κ1) is 17.8. The molecule has 0 saturated carbocycles. The Hall–Kier alpha value is -1.28. The lowest BCUT2D eigenvalue weighted by atomic mass is 10.1. The van der Waals surface area contributed by atoms with Gasteiger partial charge in [-0.1, -0.05) is 6.92 Å². The number of pyridine rings is 1. The number of methoxy groups -OCH3 is 1. The molecule has 0 fully saturated rings. The van der Waals surface area contributed by atoms with Gasteiger partial charge in [-0.25, -0.2) is 4.98 Å². The van der Waals surface area contributed by atoms with Gasteiger partial charge < -0.3 is 10.1 Å². The largest absolute Gasteiger partial charge is 0.468 e. The minimum atomic E-state index is -4.40. The molecule has 1 heterocycles. The minimum absolute atomic E-state index is 0.297. The molecule has 1 unspecified atom stereocenters. The predicted octanol–water partition coefficient (Wildman–Crippen LogP) is 2.73. The van der Waals surface area contributed by atoms with Crippen molar-refractivity contribution in [3.05, 3.63) is 23.9 Å². The maximum atomic E-state index is 12.4. The summed E-state index contributed by atoms with van der Waals surface area (Å²) in [5.74, 6) is -0.130. The molecular formula is C13H17F3N2O2S. The van der Waals surface area contributed by atoms with Crippen LogP contribution in [0.3, 0.4) is 0 Å². The number of thioether (sulfide) groups is 1. The van der Waals surface area contributed by atoms with E-state index in [9.17, 15) is 18.0 Å². The Bertz CT molecular complexity index is 479. The molecule has 0 saturated heterocycles. The first-order valence-electron chi connectivity index (χ1n) is 6.22. The topological polar surface area (TPSA) is 51.2 Å². The van der Waals surface area contributed by atoms with Crippen molar-refractivity contribution in [2.24, 2.45) is 0 Å². The zero-order chi connectivity index (χ0) is 16.1. The van der Waals surface area contributed by atoms with Crippen LogP contribution in [-0.2, 0) is 15.7 Å². The number of hydrogen-bond donors (Lipinski definition) is 1. The van der Waals surface area contributed by atoms with Gasteiger partial charge in [0.05, 0.1) is 17.7 Å². The lowest BCUT2D eigenvalue weighted by molar-refractivity contribution is -0.146. The number of ether oxygens (including phenoxy) is 1. The van der Waals surface area contributed by atoms with E-state index in [0.29, 0.717) is 17.3 Å². The quantitative estimate of drug-likeness (QED) is 0.645. The molecule has 0 radical (unpaired) electrons. The Labute approximate surface area is 125 Å². The number of alkyl halides is 3. The smallest absolute Gasteiger partial charge is 0.417 e. The fourth-order valence-electron chi connectivity index (χ4n) is 1.65. The number of halogens is 3. The highest BCUT2D eigenvalue weighted by atomic mass is 32.2. The number of hydrogen-bond acceptors (Lipinski definition) is 5. The Morgan fingerprint density at radius 3 is 2.52 bits per heavy atom. The van der Waals surface area contributed by atoms with E-state index < -0.39 is 23.2 Å². The van der Waals surface area contributed by atoms with Gasteiger partial charge in [-0.15, -0.1) is 11.8 Å². The molecule has 1 N–H and O–H groups in total. The van der Waals surface area contributed by atoms with Gasteiger partial charge in [0, 0.05) is 11.9 Å². The number of aromatic nitrogens is 1. The predicted molar refractivity (Wildman–Crippen MR) is 74.1 cm³/mol. The summed E-state index contributed by atoms with van der Waals surface area (Å²) in [5.41, 5.74) is -1.72. The van der Waals surface area contributed by atoms with Crippen LogP contribution >= 0.6 is 11.8 Å². The summed E-state index contributed by atoms with van der Waals surface area (Å²) in [5, 5.41) is 3.43. The molecule has 0 amide bonds. The molecule has 4 nitrogen and oxygen atoms in total. The molecule has 0 spiro atoms. The van der Waals surface area contributed by atoms with Crippen LogP contribution in [0.5, 0.6) is 0 Å². The van der Waals surface area contributed by atoms with E-state index in [1.165, 1.54) is 24.9 Å². The monoisotopic (exact) mass is 322 g/mol. The van der Waals surface area contributed by atoms with Crippen molar-refractivity contribution in [3.63, 3.8) is 0 Å². The van der Waals surface area contributed by atoms with Gasteiger partial charge in [0.25, 0.3) is 0 Å². The summed E-state index contributed by atoms with van der Waals surface area (Å²) < 4.78 is 42.0. The van der Waals surface area contributed by atoms with E-state index in [4.69, 9.17) is 4.74 Å². The minimum Gasteiger partial charge on any atom is -0.468 e. The third kappa shape index (κ3) is 4.89. The summed E-state index contributed by atoms with van der Waals surface area (Å²) in [6.45, 7) is 4.09. The summed E-state index contributed by atoms with van der Waals surface area (Å²) in [4.78, 5) is 15.5. The van der Waals surface area contributed by atoms with E-state index in [-0.39, 0.29) is 0 Å². The van der Waals surface area contributed by atoms with Crippen molar-refractivity contribution < 1.29 is 22.7 Å². The maximum Gasteiger partial charge on any atom is 0.417 e. The zero-order valence-corrected chi connectivity index (χ0v) is 12.8. The fourth-order valence-corrected chi connectivity index (χ4v) is 2.60. The van der Waals surface area contributed by atoms with Gasteiger partial charge in [0.2, 0.25) is 0 Å². The number of carbonyl (C=O) groups excluding carboxylic acids is 1. The Morgan fingerprint density at radius 1 is 1.43 bits per heavy atom. The average molecular weight is 322 g/mol. The molecule has 1 atom stereocenters. The molecular weight excluding hydrogens is 305 g/mol. The highest BCUT2D eigenvalue weighted by Gasteiger charge is 2.34. The van der Waals surface area contributed by atoms with Crippen LogP contribution in [0.1, 0.15) is 19.4 Å². The molecule has 0 aromatic carbocycles. The third-order valence-corrected chi connectivity index (χ3v) is 4.03. The summed E-state index contributed by atoms with van der Waals surface area (Å²) in [6, 6.07) is 2.26. The van der Waals surface area contributed by atoms with E-state index in [0.717, 1.165) is 12.3 Å². The Balaban J connectivity index is 2.75.